The Labute approximate surface area is 161 Å². The summed E-state index contributed by atoms with van der Waals surface area (Å²) in [6.45, 7) is 7.35. The second-order valence-electron chi connectivity index (χ2n) is 7.31. The minimum Gasteiger partial charge on any atom is -0.500 e. The molecule has 1 heterocycles. The van der Waals surface area contributed by atoms with Crippen LogP contribution in [0.5, 0.6) is 0 Å². The van der Waals surface area contributed by atoms with E-state index in [2.05, 4.69) is 0 Å². The third-order valence-electron chi connectivity index (χ3n) is 5.50. The van der Waals surface area contributed by atoms with Gasteiger partial charge in [-0.05, 0) is 26.0 Å². The van der Waals surface area contributed by atoms with Crippen molar-refractivity contribution in [1.29, 1.82) is 0 Å². The predicted octanol–water partition coefficient (Wildman–Crippen LogP) is 4.89. The van der Waals surface area contributed by atoms with Gasteiger partial charge in [-0.25, -0.2) is 4.79 Å². The smallest absolute Gasteiger partial charge is 0.336 e. The van der Waals surface area contributed by atoms with E-state index < -0.39 is 17.3 Å². The molecule has 142 valence electrons. The Morgan fingerprint density at radius 1 is 1.26 bits per heavy atom. The average Bonchev–Trinajstić information content (AvgIpc) is 2.57. The molecule has 0 fully saturated rings. The molecule has 0 spiro atoms. The molecule has 1 N–H and O–H groups in total. The summed E-state index contributed by atoms with van der Waals surface area (Å²) in [5, 5.41) is 10.6. The summed E-state index contributed by atoms with van der Waals surface area (Å²) in [6.07, 6.45) is 0. The van der Waals surface area contributed by atoms with Crippen LogP contribution in [0.1, 0.15) is 39.4 Å². The first-order valence-corrected chi connectivity index (χ1v) is 8.90. The van der Waals surface area contributed by atoms with Gasteiger partial charge in [-0.2, -0.15) is 0 Å². The minimum absolute atomic E-state index is 0.183. The Hall–Kier alpha value is -2.53. The molecule has 1 unspecified atom stereocenters. The SMILES string of the molecule is COC1=C(C)C(C(=O)O)=C(C)C(C)(C)C1c1cc(=O)c2ccc(Cl)cc2o1. The summed E-state index contributed by atoms with van der Waals surface area (Å²) in [4.78, 5) is 24.4. The first-order chi connectivity index (χ1) is 12.6. The van der Waals surface area contributed by atoms with Crippen LogP contribution in [-0.4, -0.2) is 18.2 Å². The molecule has 0 radical (unpaired) electrons. The monoisotopic (exact) mass is 388 g/mol. The lowest BCUT2D eigenvalue weighted by Crippen LogP contribution is -2.33. The van der Waals surface area contributed by atoms with E-state index in [0.29, 0.717) is 38.7 Å². The molecule has 3 rings (SSSR count). The molecule has 0 saturated carbocycles. The third-order valence-corrected chi connectivity index (χ3v) is 5.73. The van der Waals surface area contributed by atoms with Gasteiger partial charge in [0.1, 0.15) is 17.1 Å². The molecule has 1 aromatic heterocycles. The maximum absolute atomic E-state index is 12.6. The van der Waals surface area contributed by atoms with Crippen molar-refractivity contribution in [2.24, 2.45) is 5.41 Å². The van der Waals surface area contributed by atoms with Gasteiger partial charge in [-0.3, -0.25) is 4.79 Å². The van der Waals surface area contributed by atoms with Gasteiger partial charge in [0.05, 0.1) is 24.0 Å². The highest BCUT2D eigenvalue weighted by atomic mass is 35.5. The van der Waals surface area contributed by atoms with Crippen LogP contribution in [0.25, 0.3) is 11.0 Å². The van der Waals surface area contributed by atoms with Crippen LogP contribution in [0.4, 0.5) is 0 Å². The van der Waals surface area contributed by atoms with Gasteiger partial charge < -0.3 is 14.3 Å². The van der Waals surface area contributed by atoms with Crippen LogP contribution in [0.2, 0.25) is 5.02 Å². The van der Waals surface area contributed by atoms with Crippen molar-refractivity contribution in [1.82, 2.24) is 0 Å². The average molecular weight is 389 g/mol. The topological polar surface area (TPSA) is 76.7 Å². The van der Waals surface area contributed by atoms with Gasteiger partial charge in [0.15, 0.2) is 5.43 Å². The summed E-state index contributed by atoms with van der Waals surface area (Å²) in [5.74, 6) is -0.549. The highest BCUT2D eigenvalue weighted by molar-refractivity contribution is 6.31. The van der Waals surface area contributed by atoms with E-state index in [4.69, 9.17) is 20.8 Å². The molecule has 6 heteroatoms. The van der Waals surface area contributed by atoms with Crippen LogP contribution in [-0.2, 0) is 9.53 Å². The zero-order chi connectivity index (χ0) is 20.1. The molecule has 27 heavy (non-hydrogen) atoms. The molecule has 5 nitrogen and oxygen atoms in total. The lowest BCUT2D eigenvalue weighted by molar-refractivity contribution is -0.132. The van der Waals surface area contributed by atoms with Crippen LogP contribution >= 0.6 is 11.6 Å². The van der Waals surface area contributed by atoms with Crippen molar-refractivity contribution in [2.75, 3.05) is 7.11 Å². The number of allylic oxidation sites excluding steroid dienone is 2. The molecular weight excluding hydrogens is 368 g/mol. The number of aliphatic carboxylic acids is 1. The van der Waals surface area contributed by atoms with E-state index >= 15 is 0 Å². The summed E-state index contributed by atoms with van der Waals surface area (Å²) < 4.78 is 11.7. The van der Waals surface area contributed by atoms with E-state index in [1.165, 1.54) is 13.2 Å². The van der Waals surface area contributed by atoms with Crippen molar-refractivity contribution >= 4 is 28.5 Å². The van der Waals surface area contributed by atoms with E-state index in [0.717, 1.165) is 0 Å². The number of rotatable bonds is 3. The predicted molar refractivity (Wildman–Crippen MR) is 104 cm³/mol. The molecule has 1 aliphatic rings. The van der Waals surface area contributed by atoms with Gasteiger partial charge in [-0.1, -0.05) is 31.0 Å². The van der Waals surface area contributed by atoms with Crippen LogP contribution < -0.4 is 5.43 Å². The van der Waals surface area contributed by atoms with Gasteiger partial charge in [0, 0.05) is 28.1 Å². The molecule has 1 aliphatic carbocycles. The molecule has 0 bridgehead atoms. The van der Waals surface area contributed by atoms with Crippen LogP contribution in [0.15, 0.2) is 56.0 Å². The third kappa shape index (κ3) is 2.96. The quantitative estimate of drug-likeness (QED) is 0.809. The maximum atomic E-state index is 12.6. The fourth-order valence-corrected chi connectivity index (χ4v) is 4.02. The highest BCUT2D eigenvalue weighted by Crippen LogP contribution is 2.52. The standard InChI is InChI=1S/C21H21ClO5/c1-10-17(20(24)25)11(2)21(3,4)18(19(10)26-5)16-9-14(23)13-7-6-12(22)8-15(13)27-16/h6-9,18H,1-5H3,(H,24,25). The van der Waals surface area contributed by atoms with Gasteiger partial charge in [0.2, 0.25) is 0 Å². The lowest BCUT2D eigenvalue weighted by Gasteiger charge is -2.40. The van der Waals surface area contributed by atoms with Crippen molar-refractivity contribution in [3.8, 4) is 0 Å². The largest absolute Gasteiger partial charge is 0.500 e. The van der Waals surface area contributed by atoms with Crippen molar-refractivity contribution in [3.05, 3.63) is 67.8 Å². The van der Waals surface area contributed by atoms with E-state index in [9.17, 15) is 14.7 Å². The van der Waals surface area contributed by atoms with Crippen LogP contribution in [0.3, 0.4) is 0 Å². The number of benzene rings is 1. The van der Waals surface area contributed by atoms with Gasteiger partial charge in [-0.15, -0.1) is 0 Å². The molecule has 0 amide bonds. The number of hydrogen-bond acceptors (Lipinski definition) is 4. The Morgan fingerprint density at radius 3 is 2.52 bits per heavy atom. The number of carboxylic acid groups (broad SMARTS) is 1. The molecule has 0 aliphatic heterocycles. The van der Waals surface area contributed by atoms with Crippen molar-refractivity contribution in [2.45, 2.75) is 33.6 Å². The normalized spacial score (nSPS) is 19.6. The minimum atomic E-state index is -1.00. The first kappa shape index (κ1) is 19.2. The Kier molecular flexibility index (Phi) is 4.68. The molecule has 0 saturated heterocycles. The fraction of sp³-hybridized carbons (Fsp3) is 0.333. The number of fused-ring (bicyclic) bond motifs is 1. The van der Waals surface area contributed by atoms with Gasteiger partial charge >= 0.3 is 5.97 Å². The van der Waals surface area contributed by atoms with Crippen molar-refractivity contribution < 1.29 is 19.1 Å². The Balaban J connectivity index is 2.32. The van der Waals surface area contributed by atoms with Crippen molar-refractivity contribution in [3.63, 3.8) is 0 Å². The summed E-state index contributed by atoms with van der Waals surface area (Å²) in [5.41, 5.74) is 1.03. The first-order valence-electron chi connectivity index (χ1n) is 8.52. The van der Waals surface area contributed by atoms with Gasteiger partial charge in [0.25, 0.3) is 0 Å². The number of carbonyl (C=O) groups is 1. The second kappa shape index (κ2) is 6.57. The Bertz CT molecular complexity index is 1070. The summed E-state index contributed by atoms with van der Waals surface area (Å²) in [7, 11) is 1.50. The number of carboxylic acids is 1. The zero-order valence-corrected chi connectivity index (χ0v) is 16.6. The van der Waals surface area contributed by atoms with E-state index in [-0.39, 0.29) is 11.0 Å². The molecule has 1 atom stereocenters. The fourth-order valence-electron chi connectivity index (χ4n) is 3.85. The maximum Gasteiger partial charge on any atom is 0.336 e. The number of halogens is 1. The highest BCUT2D eigenvalue weighted by Gasteiger charge is 2.45. The molecule has 1 aromatic carbocycles. The second-order valence-corrected chi connectivity index (χ2v) is 7.74. The summed E-state index contributed by atoms with van der Waals surface area (Å²) >= 11 is 6.05. The summed E-state index contributed by atoms with van der Waals surface area (Å²) in [6, 6.07) is 6.33. The number of methoxy groups -OCH3 is 1. The molecule has 2 aromatic rings. The molecular formula is C21H21ClO5. The van der Waals surface area contributed by atoms with E-state index in [1.807, 2.05) is 13.8 Å². The van der Waals surface area contributed by atoms with E-state index in [1.54, 1.807) is 32.0 Å². The van der Waals surface area contributed by atoms with Crippen LogP contribution in [0, 0.1) is 5.41 Å². The number of ether oxygens (including phenoxy) is 1. The number of hydrogen-bond donors (Lipinski definition) is 1. The lowest BCUT2D eigenvalue weighted by atomic mass is 9.65. The Morgan fingerprint density at radius 2 is 1.93 bits per heavy atom. The zero-order valence-electron chi connectivity index (χ0n) is 15.8.